The van der Waals surface area contributed by atoms with Gasteiger partial charge in [0, 0.05) is 17.1 Å². The normalized spacial score (nSPS) is 11.9. The molecule has 0 aliphatic carbocycles. The predicted molar refractivity (Wildman–Crippen MR) is 120 cm³/mol. The van der Waals surface area contributed by atoms with Crippen molar-refractivity contribution in [3.8, 4) is 11.1 Å². The first-order valence-corrected chi connectivity index (χ1v) is 11.2. The SMILES string of the molecule is NC(=O)Cn1c(=O)oc2cc(-c3cn(S(=O)(=O)c4ccccc4)c4ccc(F)cc34)ccc21. The third-order valence-electron chi connectivity index (χ3n) is 5.33. The Morgan fingerprint density at radius 1 is 1.00 bits per heavy atom. The molecular weight excluding hydrogens is 449 g/mol. The summed E-state index contributed by atoms with van der Waals surface area (Å²) in [5.74, 6) is -1.98. The second-order valence-electron chi connectivity index (χ2n) is 7.42. The number of nitrogens with two attached hydrogens (primary N) is 1. The van der Waals surface area contributed by atoms with Gasteiger partial charge in [-0.1, -0.05) is 24.3 Å². The largest absolute Gasteiger partial charge is 0.420 e. The number of carbonyl (C=O) groups excluding carboxylic acids is 1. The number of benzene rings is 3. The monoisotopic (exact) mass is 465 g/mol. The van der Waals surface area contributed by atoms with E-state index in [4.69, 9.17) is 10.2 Å². The van der Waals surface area contributed by atoms with Crippen LogP contribution in [-0.2, 0) is 21.4 Å². The molecule has 2 heterocycles. The van der Waals surface area contributed by atoms with Crippen LogP contribution in [0.15, 0.2) is 87.0 Å². The maximum Gasteiger partial charge on any atom is 0.420 e. The molecule has 0 atom stereocenters. The topological polar surface area (TPSA) is 117 Å². The lowest BCUT2D eigenvalue weighted by Crippen LogP contribution is -2.24. The van der Waals surface area contributed by atoms with Gasteiger partial charge in [-0.25, -0.2) is 21.6 Å². The van der Waals surface area contributed by atoms with Crippen molar-refractivity contribution >= 4 is 37.9 Å². The average molecular weight is 465 g/mol. The highest BCUT2D eigenvalue weighted by molar-refractivity contribution is 7.90. The van der Waals surface area contributed by atoms with Crippen molar-refractivity contribution in [1.29, 1.82) is 0 Å². The minimum atomic E-state index is -3.96. The molecule has 0 unspecified atom stereocenters. The fraction of sp³-hybridized carbons (Fsp3) is 0.0435. The van der Waals surface area contributed by atoms with Gasteiger partial charge in [-0.15, -0.1) is 0 Å². The van der Waals surface area contributed by atoms with Gasteiger partial charge in [0.1, 0.15) is 12.4 Å². The molecule has 0 saturated heterocycles. The number of carbonyl (C=O) groups is 1. The minimum Gasteiger partial charge on any atom is -0.408 e. The van der Waals surface area contributed by atoms with Crippen molar-refractivity contribution in [2.45, 2.75) is 11.4 Å². The number of rotatable bonds is 5. The highest BCUT2D eigenvalue weighted by Crippen LogP contribution is 2.35. The number of amides is 1. The summed E-state index contributed by atoms with van der Waals surface area (Å²) in [6, 6.07) is 16.5. The first-order chi connectivity index (χ1) is 15.8. The van der Waals surface area contributed by atoms with Gasteiger partial charge in [0.15, 0.2) is 5.58 Å². The van der Waals surface area contributed by atoms with Crippen LogP contribution in [-0.4, -0.2) is 22.9 Å². The van der Waals surface area contributed by atoms with Gasteiger partial charge >= 0.3 is 5.76 Å². The second-order valence-corrected chi connectivity index (χ2v) is 9.24. The number of hydrogen-bond acceptors (Lipinski definition) is 5. The van der Waals surface area contributed by atoms with E-state index in [-0.39, 0.29) is 17.0 Å². The molecule has 33 heavy (non-hydrogen) atoms. The van der Waals surface area contributed by atoms with Crippen molar-refractivity contribution in [3.05, 3.63) is 89.3 Å². The molecule has 0 aliphatic rings. The standard InChI is InChI=1S/C23H16FN3O5S/c24-15-7-9-19-17(11-15)18(12-27(19)33(30,31)16-4-2-1-3-5-16)14-6-8-20-21(10-14)32-23(29)26(20)13-22(25)28/h1-12H,13H2,(H2,25,28). The molecule has 0 spiro atoms. The van der Waals surface area contributed by atoms with Gasteiger partial charge in [0.25, 0.3) is 10.0 Å². The summed E-state index contributed by atoms with van der Waals surface area (Å²) in [7, 11) is -3.96. The van der Waals surface area contributed by atoms with E-state index in [0.717, 1.165) is 8.54 Å². The van der Waals surface area contributed by atoms with Crippen LogP contribution in [0, 0.1) is 5.82 Å². The Balaban J connectivity index is 1.74. The van der Waals surface area contributed by atoms with Crippen molar-refractivity contribution in [2.75, 3.05) is 0 Å². The van der Waals surface area contributed by atoms with Crippen LogP contribution in [0.25, 0.3) is 33.1 Å². The third kappa shape index (κ3) is 3.40. The van der Waals surface area contributed by atoms with Gasteiger partial charge < -0.3 is 10.2 Å². The number of halogens is 1. The summed E-state index contributed by atoms with van der Waals surface area (Å²) < 4.78 is 48.2. The molecule has 166 valence electrons. The van der Waals surface area contributed by atoms with E-state index >= 15 is 0 Å². The molecule has 0 fully saturated rings. The molecule has 2 aromatic heterocycles. The highest BCUT2D eigenvalue weighted by atomic mass is 32.2. The predicted octanol–water partition coefficient (Wildman–Crippen LogP) is 3.08. The molecule has 0 saturated carbocycles. The van der Waals surface area contributed by atoms with E-state index in [0.29, 0.717) is 27.5 Å². The summed E-state index contributed by atoms with van der Waals surface area (Å²) in [5, 5.41) is 0.368. The Kier molecular flexibility index (Phi) is 4.68. The number of oxazole rings is 1. The number of fused-ring (bicyclic) bond motifs is 2. The van der Waals surface area contributed by atoms with E-state index < -0.39 is 27.5 Å². The van der Waals surface area contributed by atoms with Gasteiger partial charge in [-0.05, 0) is 48.0 Å². The Morgan fingerprint density at radius 3 is 2.45 bits per heavy atom. The molecule has 10 heteroatoms. The zero-order valence-electron chi connectivity index (χ0n) is 16.9. The molecule has 8 nitrogen and oxygen atoms in total. The lowest BCUT2D eigenvalue weighted by atomic mass is 10.0. The lowest BCUT2D eigenvalue weighted by Gasteiger charge is -2.07. The van der Waals surface area contributed by atoms with Crippen LogP contribution in [0.2, 0.25) is 0 Å². The maximum atomic E-state index is 14.1. The molecule has 0 bridgehead atoms. The van der Waals surface area contributed by atoms with Crippen molar-refractivity contribution in [2.24, 2.45) is 5.73 Å². The Labute approximate surface area is 186 Å². The quantitative estimate of drug-likeness (QED) is 0.428. The molecular formula is C23H16FN3O5S. The van der Waals surface area contributed by atoms with E-state index in [1.807, 2.05) is 0 Å². The van der Waals surface area contributed by atoms with Gasteiger partial charge in [0.2, 0.25) is 5.91 Å². The molecule has 0 aliphatic heterocycles. The van der Waals surface area contributed by atoms with Gasteiger partial charge in [-0.3, -0.25) is 9.36 Å². The number of aromatic nitrogens is 2. The van der Waals surface area contributed by atoms with E-state index in [1.54, 1.807) is 30.3 Å². The molecule has 5 rings (SSSR count). The van der Waals surface area contributed by atoms with E-state index in [1.165, 1.54) is 42.6 Å². The number of hydrogen-bond donors (Lipinski definition) is 1. The smallest absolute Gasteiger partial charge is 0.408 e. The Bertz CT molecular complexity index is 1720. The second kappa shape index (κ2) is 7.45. The van der Waals surface area contributed by atoms with Crippen LogP contribution in [0.4, 0.5) is 4.39 Å². The van der Waals surface area contributed by atoms with E-state index in [2.05, 4.69) is 0 Å². The van der Waals surface area contributed by atoms with Crippen LogP contribution < -0.4 is 11.5 Å². The lowest BCUT2D eigenvalue weighted by molar-refractivity contribution is -0.118. The molecule has 0 radical (unpaired) electrons. The summed E-state index contributed by atoms with van der Waals surface area (Å²) in [6.45, 7) is -0.342. The third-order valence-corrected chi connectivity index (χ3v) is 7.01. The van der Waals surface area contributed by atoms with Crippen molar-refractivity contribution in [3.63, 3.8) is 0 Å². The Morgan fingerprint density at radius 2 is 1.73 bits per heavy atom. The van der Waals surface area contributed by atoms with Crippen LogP contribution in [0.3, 0.4) is 0 Å². The molecule has 1 amide bonds. The van der Waals surface area contributed by atoms with Gasteiger partial charge in [0.05, 0.1) is 15.9 Å². The van der Waals surface area contributed by atoms with Gasteiger partial charge in [-0.2, -0.15) is 0 Å². The number of primary amides is 1. The fourth-order valence-electron chi connectivity index (χ4n) is 3.85. The summed E-state index contributed by atoms with van der Waals surface area (Å²) >= 11 is 0. The maximum absolute atomic E-state index is 14.1. The highest BCUT2D eigenvalue weighted by Gasteiger charge is 2.22. The van der Waals surface area contributed by atoms with Crippen LogP contribution in [0.5, 0.6) is 0 Å². The summed E-state index contributed by atoms with van der Waals surface area (Å²) in [6.07, 6.45) is 1.41. The zero-order chi connectivity index (χ0) is 23.3. The zero-order valence-corrected chi connectivity index (χ0v) is 17.8. The number of nitrogens with zero attached hydrogens (tertiary/aromatic N) is 2. The van der Waals surface area contributed by atoms with Crippen molar-refractivity contribution in [1.82, 2.24) is 8.54 Å². The Hall–Kier alpha value is -4.18. The van der Waals surface area contributed by atoms with Crippen LogP contribution in [0.1, 0.15) is 0 Å². The summed E-state index contributed by atoms with van der Waals surface area (Å²) in [5.41, 5.74) is 6.96. The average Bonchev–Trinajstić information content (AvgIpc) is 3.31. The first-order valence-electron chi connectivity index (χ1n) is 9.79. The first kappa shape index (κ1) is 20.7. The summed E-state index contributed by atoms with van der Waals surface area (Å²) in [4.78, 5) is 23.5. The van der Waals surface area contributed by atoms with Crippen LogP contribution >= 0.6 is 0 Å². The molecule has 5 aromatic rings. The fourth-order valence-corrected chi connectivity index (χ4v) is 5.24. The van der Waals surface area contributed by atoms with E-state index in [9.17, 15) is 22.4 Å². The van der Waals surface area contributed by atoms with Crippen molar-refractivity contribution < 1.29 is 22.0 Å². The molecule has 3 aromatic carbocycles. The molecule has 2 N–H and O–H groups in total. The minimum absolute atomic E-state index is 0.0859.